The number of rotatable bonds is 9. The van der Waals surface area contributed by atoms with Crippen molar-refractivity contribution < 1.29 is 38.1 Å². The quantitative estimate of drug-likeness (QED) is 0.134. The smallest absolute Gasteiger partial charge is 0.408 e. The van der Waals surface area contributed by atoms with Gasteiger partial charge in [-0.15, -0.1) is 0 Å². The van der Waals surface area contributed by atoms with E-state index >= 15 is 0 Å². The third kappa shape index (κ3) is 12.3. The Balaban J connectivity index is 0.000000133. The normalized spacial score (nSPS) is 18.9. The van der Waals surface area contributed by atoms with Crippen LogP contribution in [0.3, 0.4) is 0 Å². The first kappa shape index (κ1) is 58.0. The molecule has 7 aromatic rings. The molecule has 14 heteroatoms. The predicted molar refractivity (Wildman–Crippen MR) is 331 cm³/mol. The first-order chi connectivity index (χ1) is 41.2. The largest absolute Gasteiger partial charge is 0.497 e. The van der Waals surface area contributed by atoms with Crippen LogP contribution < -0.4 is 20.1 Å². The van der Waals surface area contributed by atoms with Gasteiger partial charge in [0.25, 0.3) is 5.91 Å². The summed E-state index contributed by atoms with van der Waals surface area (Å²) in [4.78, 5) is 58.9. The number of fused-ring (bicyclic) bond motifs is 6. The Kier molecular flexibility index (Phi) is 17.2. The number of esters is 1. The second kappa shape index (κ2) is 25.2. The lowest BCUT2D eigenvalue weighted by Gasteiger charge is -2.38. The van der Waals surface area contributed by atoms with E-state index < -0.39 is 11.7 Å². The van der Waals surface area contributed by atoms with Crippen LogP contribution in [0.15, 0.2) is 187 Å². The lowest BCUT2D eigenvalue weighted by molar-refractivity contribution is -0.143. The number of nitrogens with zero attached hydrogens (tertiary/aromatic N) is 3. The van der Waals surface area contributed by atoms with E-state index in [9.17, 15) is 19.2 Å². The van der Waals surface area contributed by atoms with Crippen molar-refractivity contribution in [2.45, 2.75) is 89.1 Å². The molecular weight excluding hydrogens is 1090 g/mol. The number of ether oxygens (including phenoxy) is 4. The number of nitrogens with one attached hydrogen (secondary N) is 2. The van der Waals surface area contributed by atoms with Crippen molar-refractivity contribution in [3.63, 3.8) is 0 Å². The summed E-state index contributed by atoms with van der Waals surface area (Å²) in [6, 6.07) is 52.0. The number of carbonyl (C=O) groups excluding carboxylic acids is 4. The molecule has 3 aliphatic carbocycles. The van der Waals surface area contributed by atoms with Gasteiger partial charge in [-0.25, -0.2) is 4.79 Å². The molecular formula is C71H70ClN5O8. The summed E-state index contributed by atoms with van der Waals surface area (Å²) in [5.41, 5.74) is 19.0. The number of methoxy groups -OCH3 is 3. The summed E-state index contributed by atoms with van der Waals surface area (Å²) in [6.07, 6.45) is 7.88. The fraction of sp³-hybridized carbons (Fsp3) is 0.282. The van der Waals surface area contributed by atoms with Crippen molar-refractivity contribution in [1.29, 1.82) is 0 Å². The summed E-state index contributed by atoms with van der Waals surface area (Å²) >= 11 is 6.18. The van der Waals surface area contributed by atoms with Gasteiger partial charge in [0.05, 0.1) is 39.5 Å². The van der Waals surface area contributed by atoms with E-state index in [-0.39, 0.29) is 48.5 Å². The van der Waals surface area contributed by atoms with Gasteiger partial charge >= 0.3 is 12.1 Å². The number of pyridine rings is 1. The van der Waals surface area contributed by atoms with Crippen LogP contribution in [0.2, 0.25) is 5.02 Å². The van der Waals surface area contributed by atoms with Crippen molar-refractivity contribution in [3.05, 3.63) is 247 Å². The van der Waals surface area contributed by atoms with E-state index in [0.717, 1.165) is 60.3 Å². The van der Waals surface area contributed by atoms with Crippen molar-refractivity contribution in [1.82, 2.24) is 25.4 Å². The van der Waals surface area contributed by atoms with Crippen molar-refractivity contribution in [2.75, 3.05) is 41.0 Å². The second-order valence-corrected chi connectivity index (χ2v) is 23.4. The molecule has 4 unspecified atom stereocenters. The summed E-state index contributed by atoms with van der Waals surface area (Å²) < 4.78 is 21.2. The lowest BCUT2D eigenvalue weighted by atomic mass is 9.87. The molecule has 0 radical (unpaired) electrons. The van der Waals surface area contributed by atoms with Crippen molar-refractivity contribution in [2.24, 2.45) is 0 Å². The maximum atomic E-state index is 13.6. The molecule has 0 spiro atoms. The Labute approximate surface area is 502 Å². The minimum absolute atomic E-state index is 0.00378. The van der Waals surface area contributed by atoms with Crippen LogP contribution in [0.4, 0.5) is 4.79 Å². The van der Waals surface area contributed by atoms with Crippen molar-refractivity contribution in [3.8, 4) is 11.5 Å². The molecule has 4 atom stereocenters. The standard InChI is InChI=1S/C26H22ClNO2.C24H27N3O3.C21H21NO3/c1-30-24-12-5-4-11-22(24)25-23-16-17-7-2-3-10-20(17)21(23)13-14-28(25)26(29)18-8-6-9-19(27)15-18;1-24(2,3)30-23(29)26-15-21(28)27-13-10-19-18-7-5-4-6-17(18)14-20(19)22(27)16-8-11-25-12-9-16;1-24-15-9-7-13(8-10-15)20-18-11-14-5-3-4-6-16(14)17(18)12-19(22-20)21(23)25-2/h2-12,15,25H,13-14,16H2,1H3;4-9,11-12,22H,10,13-15H2,1-3H3,(H,26,29);3-10,19-20,22H,11-12H2,1-2H3. The molecule has 0 saturated heterocycles. The van der Waals surface area contributed by atoms with Crippen LogP contribution in [0.1, 0.15) is 119 Å². The van der Waals surface area contributed by atoms with Gasteiger partial charge < -0.3 is 34.1 Å². The fourth-order valence-electron chi connectivity index (χ4n) is 13.1. The highest BCUT2D eigenvalue weighted by molar-refractivity contribution is 6.31. The number of hydrogen-bond acceptors (Lipinski definition) is 10. The highest BCUT2D eigenvalue weighted by atomic mass is 35.5. The van der Waals surface area contributed by atoms with Crippen LogP contribution in [0.5, 0.6) is 11.5 Å². The molecule has 2 N–H and O–H groups in total. The van der Waals surface area contributed by atoms with Gasteiger partial charge in [0.1, 0.15) is 29.7 Å². The Morgan fingerprint density at radius 1 is 0.624 bits per heavy atom. The zero-order valence-corrected chi connectivity index (χ0v) is 49.6. The highest BCUT2D eigenvalue weighted by Crippen LogP contribution is 2.50. The zero-order valence-electron chi connectivity index (χ0n) is 48.8. The van der Waals surface area contributed by atoms with E-state index in [1.54, 1.807) is 59.5 Å². The lowest BCUT2D eigenvalue weighted by Crippen LogP contribution is -2.45. The molecule has 1 aromatic heterocycles. The van der Waals surface area contributed by atoms with Gasteiger partial charge in [-0.05, 0) is 186 Å². The third-order valence-electron chi connectivity index (χ3n) is 16.8. The average Bonchev–Trinajstić information content (AvgIpc) is 1.95. The summed E-state index contributed by atoms with van der Waals surface area (Å²) in [5, 5.41) is 6.66. The molecule has 85 heavy (non-hydrogen) atoms. The predicted octanol–water partition coefficient (Wildman–Crippen LogP) is 13.1. The minimum Gasteiger partial charge on any atom is -0.497 e. The van der Waals surface area contributed by atoms with Gasteiger partial charge in [-0.1, -0.05) is 121 Å². The topological polar surface area (TPSA) is 149 Å². The number of para-hydroxylation sites is 1. The van der Waals surface area contributed by atoms with Crippen LogP contribution in [-0.4, -0.2) is 91.3 Å². The third-order valence-corrected chi connectivity index (χ3v) is 17.0. The number of halogens is 1. The Morgan fingerprint density at radius 3 is 1.80 bits per heavy atom. The Hall–Kier alpha value is -8.78. The van der Waals surface area contributed by atoms with Gasteiger partial charge in [-0.3, -0.25) is 24.7 Å². The van der Waals surface area contributed by atoms with E-state index in [2.05, 4.69) is 107 Å². The number of hydrogen-bond donors (Lipinski definition) is 2. The molecule has 4 heterocycles. The van der Waals surface area contributed by atoms with Gasteiger partial charge in [-0.2, -0.15) is 0 Å². The Morgan fingerprint density at radius 2 is 1.20 bits per heavy atom. The van der Waals surface area contributed by atoms with E-state index in [0.29, 0.717) is 30.1 Å². The molecule has 13 rings (SSSR count). The second-order valence-electron chi connectivity index (χ2n) is 22.9. The van der Waals surface area contributed by atoms with Gasteiger partial charge in [0.2, 0.25) is 5.91 Å². The highest BCUT2D eigenvalue weighted by Gasteiger charge is 2.41. The molecule has 3 amide bonds. The molecule has 6 aliphatic rings. The molecule has 6 aromatic carbocycles. The van der Waals surface area contributed by atoms with Crippen molar-refractivity contribution >= 4 is 52.2 Å². The fourth-order valence-corrected chi connectivity index (χ4v) is 13.2. The first-order valence-corrected chi connectivity index (χ1v) is 29.3. The Bertz CT molecular complexity index is 3770. The maximum Gasteiger partial charge on any atom is 0.408 e. The molecule has 13 nitrogen and oxygen atoms in total. The summed E-state index contributed by atoms with van der Waals surface area (Å²) in [7, 11) is 4.79. The van der Waals surface area contributed by atoms with Crippen LogP contribution in [0, 0.1) is 0 Å². The number of amides is 3. The van der Waals surface area contributed by atoms with E-state index in [4.69, 9.17) is 30.5 Å². The number of alkyl carbamates (subject to hydrolysis) is 1. The molecule has 0 fully saturated rings. The number of carbonyl (C=O) groups is 4. The van der Waals surface area contributed by atoms with Crippen LogP contribution in [-0.2, 0) is 38.3 Å². The van der Waals surface area contributed by atoms with Crippen LogP contribution in [0.25, 0.3) is 16.7 Å². The van der Waals surface area contributed by atoms with E-state index in [1.165, 1.54) is 73.9 Å². The minimum atomic E-state index is -0.604. The van der Waals surface area contributed by atoms with E-state index in [1.807, 2.05) is 64.4 Å². The average molecular weight is 1160 g/mol. The summed E-state index contributed by atoms with van der Waals surface area (Å²) in [6.45, 7) is 6.56. The number of benzene rings is 6. The SMILES string of the molecule is CC(C)(C)OC(=O)NCC(=O)N1CCC2=C(Cc3ccccc32)C1c1ccncc1.COC(=O)C1CC2=C(Cc3ccccc32)C(c2ccc(OC)cc2)N1.COc1ccccc1C1C2=C(CCN1C(=O)c1cccc(Cl)c1)c1ccccc1C2. The summed E-state index contributed by atoms with van der Waals surface area (Å²) in [5.74, 6) is 1.29. The van der Waals surface area contributed by atoms with Gasteiger partial charge in [0.15, 0.2) is 0 Å². The van der Waals surface area contributed by atoms with Crippen LogP contribution >= 0.6 is 11.6 Å². The molecule has 0 saturated carbocycles. The molecule has 3 aliphatic heterocycles. The zero-order chi connectivity index (χ0) is 59.4. The first-order valence-electron chi connectivity index (χ1n) is 29.0. The molecule has 434 valence electrons. The monoisotopic (exact) mass is 1160 g/mol. The maximum absolute atomic E-state index is 13.6. The molecule has 0 bridgehead atoms. The van der Waals surface area contributed by atoms with Gasteiger partial charge in [0, 0.05) is 41.6 Å². The number of aromatic nitrogens is 1.